The van der Waals surface area contributed by atoms with Crippen molar-refractivity contribution < 1.29 is 22.7 Å². The van der Waals surface area contributed by atoms with E-state index in [0.29, 0.717) is 12.7 Å². The number of ether oxygens (including phenoxy) is 1. The Morgan fingerprint density at radius 2 is 2.00 bits per heavy atom. The van der Waals surface area contributed by atoms with Gasteiger partial charge in [-0.25, -0.2) is 13.2 Å². The highest BCUT2D eigenvalue weighted by Gasteiger charge is 2.18. The second kappa shape index (κ2) is 7.16. The van der Waals surface area contributed by atoms with Crippen molar-refractivity contribution in [3.8, 4) is 0 Å². The summed E-state index contributed by atoms with van der Waals surface area (Å²) in [6, 6.07) is 0. The van der Waals surface area contributed by atoms with Crippen LogP contribution in [0, 0.1) is 0 Å². The van der Waals surface area contributed by atoms with Gasteiger partial charge in [-0.15, -0.1) is 0 Å². The van der Waals surface area contributed by atoms with Crippen LogP contribution >= 0.6 is 0 Å². The van der Waals surface area contributed by atoms with Gasteiger partial charge in [-0.1, -0.05) is 13.3 Å². The summed E-state index contributed by atoms with van der Waals surface area (Å²) in [7, 11) is -2.34. The van der Waals surface area contributed by atoms with Gasteiger partial charge in [0, 0.05) is 12.5 Å². The minimum absolute atomic E-state index is 0.0312. The molecule has 0 atom stereocenters. The summed E-state index contributed by atoms with van der Waals surface area (Å²) in [6.07, 6.45) is 2.33. The van der Waals surface area contributed by atoms with Crippen molar-refractivity contribution in [1.82, 2.24) is 0 Å². The summed E-state index contributed by atoms with van der Waals surface area (Å²) in [6.45, 7) is 1.81. The number of sulfone groups is 1. The molecule has 0 saturated carbocycles. The van der Waals surface area contributed by atoms with E-state index in [4.69, 9.17) is 0 Å². The van der Waals surface area contributed by atoms with Gasteiger partial charge in [-0.3, -0.25) is 0 Å². The van der Waals surface area contributed by atoms with Crippen LogP contribution in [-0.2, 0) is 24.2 Å². The van der Waals surface area contributed by atoms with Gasteiger partial charge in [0.05, 0.1) is 17.8 Å². The molecule has 0 heterocycles. The van der Waals surface area contributed by atoms with E-state index in [-0.39, 0.29) is 23.5 Å². The maximum absolute atomic E-state index is 11.7. The zero-order valence-corrected chi connectivity index (χ0v) is 10.2. The van der Waals surface area contributed by atoms with Crippen LogP contribution in [0.15, 0.2) is 11.0 Å². The van der Waals surface area contributed by atoms with Crippen LogP contribution < -0.4 is 0 Å². The molecule has 16 heavy (non-hydrogen) atoms. The van der Waals surface area contributed by atoms with E-state index in [0.717, 1.165) is 6.08 Å². The molecule has 0 aromatic rings. The third-order valence-electron chi connectivity index (χ3n) is 1.88. The van der Waals surface area contributed by atoms with Crippen molar-refractivity contribution in [3.63, 3.8) is 0 Å². The molecule has 0 N–H and O–H groups in total. The topological polar surface area (TPSA) is 77.5 Å². The molecule has 0 saturated heterocycles. The first-order valence-corrected chi connectivity index (χ1v) is 6.58. The standard InChI is InChI=1S/C10H16O5S/c1-3-5-9(8-10(12)15-2)16(13,14)7-4-6-11/h6,8H,3-5,7H2,1-2H3. The molecule has 0 fully saturated rings. The third kappa shape index (κ3) is 5.06. The van der Waals surface area contributed by atoms with E-state index >= 15 is 0 Å². The Kier molecular flexibility index (Phi) is 6.64. The van der Waals surface area contributed by atoms with Gasteiger partial charge in [-0.05, 0) is 6.42 Å². The van der Waals surface area contributed by atoms with Crippen LogP contribution in [0.3, 0.4) is 0 Å². The minimum Gasteiger partial charge on any atom is -0.466 e. The van der Waals surface area contributed by atoms with E-state index in [1.165, 1.54) is 7.11 Å². The quantitative estimate of drug-likeness (QED) is 0.379. The largest absolute Gasteiger partial charge is 0.466 e. The first-order valence-electron chi connectivity index (χ1n) is 4.92. The highest BCUT2D eigenvalue weighted by atomic mass is 32.2. The number of esters is 1. The van der Waals surface area contributed by atoms with Gasteiger partial charge >= 0.3 is 5.97 Å². The minimum atomic E-state index is -3.52. The number of allylic oxidation sites excluding steroid dienone is 1. The molecule has 0 radical (unpaired) electrons. The molecule has 0 aliphatic heterocycles. The van der Waals surface area contributed by atoms with Crippen LogP contribution in [0.1, 0.15) is 26.2 Å². The van der Waals surface area contributed by atoms with Crippen molar-refractivity contribution in [3.05, 3.63) is 11.0 Å². The summed E-state index contributed by atoms with van der Waals surface area (Å²) in [5.41, 5.74) is 0. The maximum atomic E-state index is 11.7. The zero-order valence-electron chi connectivity index (χ0n) is 9.43. The molecule has 0 spiro atoms. The van der Waals surface area contributed by atoms with E-state index in [1.807, 2.05) is 0 Å². The zero-order chi connectivity index (χ0) is 12.6. The molecule has 92 valence electrons. The average Bonchev–Trinajstić information content (AvgIpc) is 2.25. The Hall–Kier alpha value is -1.17. The second-order valence-corrected chi connectivity index (χ2v) is 5.32. The lowest BCUT2D eigenvalue weighted by atomic mass is 10.3. The van der Waals surface area contributed by atoms with E-state index in [1.54, 1.807) is 6.92 Å². The smallest absolute Gasteiger partial charge is 0.331 e. The fourth-order valence-electron chi connectivity index (χ4n) is 1.09. The lowest BCUT2D eigenvalue weighted by Gasteiger charge is -2.06. The van der Waals surface area contributed by atoms with Crippen molar-refractivity contribution in [2.45, 2.75) is 26.2 Å². The normalized spacial score (nSPS) is 12.2. The molecular formula is C10H16O5S. The average molecular weight is 248 g/mol. The van der Waals surface area contributed by atoms with E-state index < -0.39 is 15.8 Å². The molecule has 0 amide bonds. The molecule has 0 aliphatic carbocycles. The maximum Gasteiger partial charge on any atom is 0.331 e. The van der Waals surface area contributed by atoms with Gasteiger partial charge in [0.1, 0.15) is 6.29 Å². The van der Waals surface area contributed by atoms with Crippen LogP contribution in [0.2, 0.25) is 0 Å². The lowest BCUT2D eigenvalue weighted by Crippen LogP contribution is -2.12. The first kappa shape index (κ1) is 14.8. The molecule has 0 aliphatic rings. The molecule has 0 bridgehead atoms. The Labute approximate surface area is 95.4 Å². The van der Waals surface area contributed by atoms with Gasteiger partial charge in [0.15, 0.2) is 9.84 Å². The van der Waals surface area contributed by atoms with Crippen molar-refractivity contribution in [1.29, 1.82) is 0 Å². The number of carbonyl (C=O) groups excluding carboxylic acids is 2. The van der Waals surface area contributed by atoms with Gasteiger partial charge < -0.3 is 9.53 Å². The third-order valence-corrected chi connectivity index (χ3v) is 3.77. The van der Waals surface area contributed by atoms with Crippen LogP contribution in [0.5, 0.6) is 0 Å². The van der Waals surface area contributed by atoms with Gasteiger partial charge in [-0.2, -0.15) is 0 Å². The van der Waals surface area contributed by atoms with Crippen LogP contribution in [0.25, 0.3) is 0 Å². The molecule has 5 nitrogen and oxygen atoms in total. The summed E-state index contributed by atoms with van der Waals surface area (Å²) in [5.74, 6) is -0.961. The van der Waals surface area contributed by atoms with Crippen LogP contribution in [0.4, 0.5) is 0 Å². The lowest BCUT2D eigenvalue weighted by molar-refractivity contribution is -0.134. The molecule has 0 aromatic carbocycles. The Morgan fingerprint density at radius 3 is 2.44 bits per heavy atom. The monoisotopic (exact) mass is 248 g/mol. The number of methoxy groups -OCH3 is 1. The number of rotatable bonds is 7. The van der Waals surface area contributed by atoms with Crippen molar-refractivity contribution in [2.75, 3.05) is 12.9 Å². The fourth-order valence-corrected chi connectivity index (χ4v) is 2.55. The molecule has 0 aromatic heterocycles. The molecular weight excluding hydrogens is 232 g/mol. The predicted molar refractivity (Wildman–Crippen MR) is 59.5 cm³/mol. The summed E-state index contributed by atoms with van der Waals surface area (Å²) >= 11 is 0. The first-order chi connectivity index (χ1) is 7.47. The molecule has 0 rings (SSSR count). The summed E-state index contributed by atoms with van der Waals surface area (Å²) in [4.78, 5) is 21.2. The van der Waals surface area contributed by atoms with E-state index in [9.17, 15) is 18.0 Å². The number of aldehydes is 1. The van der Waals surface area contributed by atoms with Crippen molar-refractivity contribution >= 4 is 22.1 Å². The second-order valence-electron chi connectivity index (χ2n) is 3.16. The van der Waals surface area contributed by atoms with Gasteiger partial charge in [0.2, 0.25) is 0 Å². The van der Waals surface area contributed by atoms with Gasteiger partial charge in [0.25, 0.3) is 0 Å². The van der Waals surface area contributed by atoms with Crippen molar-refractivity contribution in [2.24, 2.45) is 0 Å². The molecule has 0 unspecified atom stereocenters. The number of hydrogen-bond acceptors (Lipinski definition) is 5. The number of carbonyl (C=O) groups is 2. The van der Waals surface area contributed by atoms with E-state index in [2.05, 4.69) is 4.74 Å². The van der Waals surface area contributed by atoms with Crippen LogP contribution in [-0.4, -0.2) is 33.5 Å². The Balaban J connectivity index is 4.96. The SMILES string of the molecule is CCCC(=CC(=O)OC)S(=O)(=O)CCC=O. The summed E-state index contributed by atoms with van der Waals surface area (Å²) < 4.78 is 27.8. The highest BCUT2D eigenvalue weighted by molar-refractivity contribution is 7.95. The highest BCUT2D eigenvalue weighted by Crippen LogP contribution is 2.15. The molecule has 6 heteroatoms. The Bertz CT molecular complexity index is 367. The fraction of sp³-hybridized carbons (Fsp3) is 0.600. The number of hydrogen-bond donors (Lipinski definition) is 0. The summed E-state index contributed by atoms with van der Waals surface area (Å²) in [5, 5.41) is 0. The Morgan fingerprint density at radius 1 is 1.38 bits per heavy atom. The predicted octanol–water partition coefficient (Wildman–Crippen LogP) is 0.847.